The third-order valence-electron chi connectivity index (χ3n) is 4.78. The van der Waals surface area contributed by atoms with Gasteiger partial charge in [0.15, 0.2) is 5.78 Å². The molecule has 0 aromatic heterocycles. The fourth-order valence-corrected chi connectivity index (χ4v) is 3.06. The molecular formula is C17H29FO2. The summed E-state index contributed by atoms with van der Waals surface area (Å²) in [6.07, 6.45) is 5.98. The number of hydrogen-bond donors (Lipinski definition) is 1. The van der Waals surface area contributed by atoms with Crippen LogP contribution < -0.4 is 0 Å². The molecule has 1 aliphatic rings. The van der Waals surface area contributed by atoms with E-state index in [1.54, 1.807) is 6.92 Å². The summed E-state index contributed by atoms with van der Waals surface area (Å²) < 4.78 is 12.7. The summed E-state index contributed by atoms with van der Waals surface area (Å²) in [7, 11) is 0. The van der Waals surface area contributed by atoms with Crippen LogP contribution in [0.3, 0.4) is 0 Å². The van der Waals surface area contributed by atoms with E-state index in [0.717, 1.165) is 25.7 Å². The molecule has 1 fully saturated rings. The van der Waals surface area contributed by atoms with Crippen molar-refractivity contribution in [2.45, 2.75) is 59.8 Å². The van der Waals surface area contributed by atoms with Crippen molar-refractivity contribution in [2.24, 2.45) is 23.2 Å². The number of aliphatic hydroxyl groups excluding tert-OH is 1. The Kier molecular flexibility index (Phi) is 6.22. The Morgan fingerprint density at radius 2 is 1.95 bits per heavy atom. The number of carbonyl (C=O) groups excluding carboxylic acids is 1. The van der Waals surface area contributed by atoms with Gasteiger partial charge in [-0.3, -0.25) is 9.18 Å². The van der Waals surface area contributed by atoms with Crippen molar-refractivity contribution < 1.29 is 14.3 Å². The number of rotatable bonds is 6. The molecule has 0 bridgehead atoms. The summed E-state index contributed by atoms with van der Waals surface area (Å²) in [5, 5.41) is 10.2. The molecule has 2 atom stereocenters. The van der Waals surface area contributed by atoms with Crippen molar-refractivity contribution in [3.8, 4) is 0 Å². The first kappa shape index (κ1) is 17.2. The molecule has 0 saturated heterocycles. The molecule has 1 N–H and O–H groups in total. The van der Waals surface area contributed by atoms with Crippen LogP contribution in [-0.4, -0.2) is 17.6 Å². The second kappa shape index (κ2) is 7.24. The number of aliphatic hydroxyl groups is 1. The van der Waals surface area contributed by atoms with Gasteiger partial charge < -0.3 is 5.11 Å². The molecule has 20 heavy (non-hydrogen) atoms. The molecule has 1 aliphatic carbocycles. The van der Waals surface area contributed by atoms with Gasteiger partial charge >= 0.3 is 0 Å². The van der Waals surface area contributed by atoms with Gasteiger partial charge in [-0.1, -0.05) is 27.7 Å². The molecule has 1 rings (SSSR count). The number of carbonyl (C=O) groups is 1. The average Bonchev–Trinajstić information content (AvgIpc) is 2.38. The van der Waals surface area contributed by atoms with Crippen LogP contribution in [-0.2, 0) is 4.79 Å². The molecule has 2 unspecified atom stereocenters. The largest absolute Gasteiger partial charge is 0.512 e. The maximum Gasteiger partial charge on any atom is 0.162 e. The molecular weight excluding hydrogens is 255 g/mol. The van der Waals surface area contributed by atoms with E-state index in [1.807, 2.05) is 6.92 Å². The first-order valence-electron chi connectivity index (χ1n) is 7.81. The van der Waals surface area contributed by atoms with E-state index in [1.165, 1.54) is 6.08 Å². The van der Waals surface area contributed by atoms with Crippen molar-refractivity contribution in [1.29, 1.82) is 0 Å². The lowest BCUT2D eigenvalue weighted by atomic mass is 9.72. The Morgan fingerprint density at radius 1 is 1.40 bits per heavy atom. The highest BCUT2D eigenvalue weighted by atomic mass is 19.1. The van der Waals surface area contributed by atoms with Gasteiger partial charge in [-0.15, -0.1) is 0 Å². The minimum absolute atomic E-state index is 0.102. The Bertz CT molecular complexity index is 350. The van der Waals surface area contributed by atoms with Crippen LogP contribution in [0.5, 0.6) is 0 Å². The average molecular weight is 284 g/mol. The van der Waals surface area contributed by atoms with Crippen molar-refractivity contribution in [2.75, 3.05) is 6.67 Å². The Balaban J connectivity index is 2.66. The second-order valence-electron chi connectivity index (χ2n) is 7.06. The Hall–Kier alpha value is -0.860. The van der Waals surface area contributed by atoms with Gasteiger partial charge in [0, 0.05) is 17.9 Å². The van der Waals surface area contributed by atoms with Gasteiger partial charge in [0.25, 0.3) is 0 Å². The molecule has 0 aromatic carbocycles. The minimum atomic E-state index is -0.490. The van der Waals surface area contributed by atoms with E-state index in [0.29, 0.717) is 11.8 Å². The number of halogens is 1. The van der Waals surface area contributed by atoms with Crippen LogP contribution in [0.4, 0.5) is 4.39 Å². The molecule has 0 amide bonds. The summed E-state index contributed by atoms with van der Waals surface area (Å²) in [6.45, 7) is 7.63. The fraction of sp³-hybridized carbons (Fsp3) is 0.824. The maximum atomic E-state index is 12.7. The lowest BCUT2D eigenvalue weighted by Crippen LogP contribution is -2.24. The van der Waals surface area contributed by atoms with Gasteiger partial charge in [0.2, 0.25) is 0 Å². The Morgan fingerprint density at radius 3 is 2.40 bits per heavy atom. The molecule has 1 saturated carbocycles. The summed E-state index contributed by atoms with van der Waals surface area (Å²) in [6, 6.07) is 0. The van der Waals surface area contributed by atoms with Crippen LogP contribution in [0.25, 0.3) is 0 Å². The van der Waals surface area contributed by atoms with E-state index < -0.39 is 6.67 Å². The van der Waals surface area contributed by atoms with E-state index in [-0.39, 0.29) is 29.3 Å². The molecule has 0 aromatic rings. The topological polar surface area (TPSA) is 37.3 Å². The van der Waals surface area contributed by atoms with Crippen molar-refractivity contribution in [3.05, 3.63) is 11.8 Å². The highest BCUT2D eigenvalue weighted by Gasteiger charge is 2.30. The second-order valence-corrected chi connectivity index (χ2v) is 7.06. The molecule has 0 aliphatic heterocycles. The fourth-order valence-electron chi connectivity index (χ4n) is 3.06. The summed E-state index contributed by atoms with van der Waals surface area (Å²) in [4.78, 5) is 12.2. The zero-order valence-corrected chi connectivity index (χ0v) is 13.3. The number of ketones is 1. The van der Waals surface area contributed by atoms with Crippen LogP contribution in [0, 0.1) is 23.2 Å². The van der Waals surface area contributed by atoms with E-state index in [9.17, 15) is 14.3 Å². The lowest BCUT2D eigenvalue weighted by molar-refractivity contribution is -0.120. The van der Waals surface area contributed by atoms with Crippen LogP contribution >= 0.6 is 0 Å². The van der Waals surface area contributed by atoms with Crippen molar-refractivity contribution in [3.63, 3.8) is 0 Å². The summed E-state index contributed by atoms with van der Waals surface area (Å²) in [5.41, 5.74) is 0.343. The van der Waals surface area contributed by atoms with Gasteiger partial charge in [-0.25, -0.2) is 0 Å². The highest BCUT2D eigenvalue weighted by Crippen LogP contribution is 2.40. The minimum Gasteiger partial charge on any atom is -0.512 e. The van der Waals surface area contributed by atoms with Gasteiger partial charge in [-0.2, -0.15) is 0 Å². The normalized spacial score (nSPS) is 23.4. The number of hydrogen-bond acceptors (Lipinski definition) is 2. The predicted molar refractivity (Wildman–Crippen MR) is 80.4 cm³/mol. The third kappa shape index (κ3) is 4.60. The maximum absolute atomic E-state index is 12.7. The number of alkyl halides is 1. The first-order valence-corrected chi connectivity index (χ1v) is 7.81. The predicted octanol–water partition coefficient (Wildman–Crippen LogP) is 4.85. The quantitative estimate of drug-likeness (QED) is 0.559. The lowest BCUT2D eigenvalue weighted by Gasteiger charge is -2.34. The first-order chi connectivity index (χ1) is 9.30. The Labute approximate surface area is 122 Å². The molecule has 0 spiro atoms. The van der Waals surface area contributed by atoms with Crippen molar-refractivity contribution >= 4 is 5.78 Å². The van der Waals surface area contributed by atoms with Crippen LogP contribution in [0.15, 0.2) is 11.8 Å². The van der Waals surface area contributed by atoms with E-state index in [2.05, 4.69) is 13.8 Å². The molecule has 0 heterocycles. The monoisotopic (exact) mass is 284 g/mol. The van der Waals surface area contributed by atoms with Gasteiger partial charge in [-0.05, 0) is 43.4 Å². The zero-order chi connectivity index (χ0) is 15.3. The van der Waals surface area contributed by atoms with Gasteiger partial charge in [0.05, 0.1) is 12.4 Å². The van der Waals surface area contributed by atoms with Crippen LogP contribution in [0.2, 0.25) is 0 Å². The number of allylic oxidation sites excluding steroid dienone is 2. The summed E-state index contributed by atoms with van der Waals surface area (Å²) >= 11 is 0. The zero-order valence-electron chi connectivity index (χ0n) is 13.3. The SMILES string of the molecule is CCC(C(=O)/C=C(\O)C1CCC(C)(C)CC1)C(C)CF. The molecule has 0 radical (unpaired) electrons. The van der Waals surface area contributed by atoms with Crippen molar-refractivity contribution in [1.82, 2.24) is 0 Å². The smallest absolute Gasteiger partial charge is 0.162 e. The highest BCUT2D eigenvalue weighted by molar-refractivity contribution is 5.92. The summed E-state index contributed by atoms with van der Waals surface area (Å²) in [5.74, 6) is -0.413. The van der Waals surface area contributed by atoms with Gasteiger partial charge in [0.1, 0.15) is 0 Å². The third-order valence-corrected chi connectivity index (χ3v) is 4.78. The standard InChI is InChI=1S/C17H29FO2/c1-5-14(12(2)11-18)16(20)10-15(19)13-6-8-17(3,4)9-7-13/h10,12-14,19H,5-9,11H2,1-4H3/b15-10-. The van der Waals surface area contributed by atoms with E-state index >= 15 is 0 Å². The molecule has 2 nitrogen and oxygen atoms in total. The molecule has 116 valence electrons. The molecule has 3 heteroatoms. The van der Waals surface area contributed by atoms with E-state index in [4.69, 9.17) is 0 Å². The van der Waals surface area contributed by atoms with Crippen LogP contribution in [0.1, 0.15) is 59.8 Å².